The maximum absolute atomic E-state index is 13.0. The Hall–Kier alpha value is -2.52. The number of carbonyl (C=O) groups is 1. The maximum Gasteiger partial charge on any atom is 0.334 e. The van der Waals surface area contributed by atoms with Crippen molar-refractivity contribution in [1.29, 1.82) is 0 Å². The number of likely N-dealkylation sites (N-methyl/N-ethyl adjacent to an activating group) is 1. The molecular weight excluding hydrogens is 386 g/mol. The van der Waals surface area contributed by atoms with Gasteiger partial charge in [-0.25, -0.2) is 14.6 Å². The number of carbonyl (C=O) groups excluding carboxylic acids is 1. The van der Waals surface area contributed by atoms with Crippen molar-refractivity contribution in [1.82, 2.24) is 24.0 Å². The molecule has 3 heterocycles. The summed E-state index contributed by atoms with van der Waals surface area (Å²) in [5.74, 6) is 0.219. The van der Waals surface area contributed by atoms with Crippen LogP contribution in [-0.2, 0) is 27.1 Å². The summed E-state index contributed by atoms with van der Waals surface area (Å²) < 4.78 is 13.6. The largest absolute Gasteiger partial charge is 0.467 e. The van der Waals surface area contributed by atoms with Crippen molar-refractivity contribution in [3.05, 3.63) is 40.5 Å². The molecular formula is C21H29N5O4. The summed E-state index contributed by atoms with van der Waals surface area (Å²) >= 11 is 0. The Balaban J connectivity index is 1.44. The van der Waals surface area contributed by atoms with E-state index in [2.05, 4.69) is 21.7 Å². The van der Waals surface area contributed by atoms with Gasteiger partial charge >= 0.3 is 11.7 Å². The first-order valence-corrected chi connectivity index (χ1v) is 10.6. The Morgan fingerprint density at radius 1 is 1.13 bits per heavy atom. The van der Waals surface area contributed by atoms with Gasteiger partial charge in [0, 0.05) is 44.4 Å². The minimum atomic E-state index is -0.362. The summed E-state index contributed by atoms with van der Waals surface area (Å²) in [4.78, 5) is 35.9. The average Bonchev–Trinajstić information content (AvgIpc) is 3.05. The molecule has 9 heteroatoms. The zero-order valence-corrected chi connectivity index (χ0v) is 17.6. The van der Waals surface area contributed by atoms with Crippen LogP contribution in [0.1, 0.15) is 43.1 Å². The molecule has 162 valence electrons. The molecule has 0 saturated heterocycles. The van der Waals surface area contributed by atoms with Gasteiger partial charge in [0.25, 0.3) is 0 Å². The normalized spacial score (nSPS) is 22.3. The van der Waals surface area contributed by atoms with Crippen LogP contribution in [0.3, 0.4) is 0 Å². The third-order valence-corrected chi connectivity index (χ3v) is 6.13. The second kappa shape index (κ2) is 9.09. The van der Waals surface area contributed by atoms with Gasteiger partial charge in [-0.1, -0.05) is 0 Å². The van der Waals surface area contributed by atoms with Gasteiger partial charge in [-0.05, 0) is 32.7 Å². The van der Waals surface area contributed by atoms with E-state index < -0.39 is 0 Å². The first-order valence-electron chi connectivity index (χ1n) is 10.6. The van der Waals surface area contributed by atoms with Gasteiger partial charge in [0.2, 0.25) is 0 Å². The predicted molar refractivity (Wildman–Crippen MR) is 110 cm³/mol. The fourth-order valence-electron chi connectivity index (χ4n) is 4.25. The van der Waals surface area contributed by atoms with Gasteiger partial charge in [-0.3, -0.25) is 14.1 Å². The minimum absolute atomic E-state index is 0.0189. The van der Waals surface area contributed by atoms with Gasteiger partial charge in [0.1, 0.15) is 6.61 Å². The lowest BCUT2D eigenvalue weighted by atomic mass is 9.93. The molecule has 4 rings (SSSR count). The van der Waals surface area contributed by atoms with E-state index in [1.165, 1.54) is 7.11 Å². The average molecular weight is 415 g/mol. The van der Waals surface area contributed by atoms with E-state index >= 15 is 0 Å². The summed E-state index contributed by atoms with van der Waals surface area (Å²) in [6, 6.07) is 0.124. The van der Waals surface area contributed by atoms with Crippen LogP contribution >= 0.6 is 0 Å². The van der Waals surface area contributed by atoms with E-state index in [0.717, 1.165) is 63.0 Å². The molecule has 0 unspecified atom stereocenters. The number of fused-ring (bicyclic) bond motifs is 1. The molecule has 0 amide bonds. The van der Waals surface area contributed by atoms with Crippen molar-refractivity contribution in [2.45, 2.75) is 50.7 Å². The fraction of sp³-hybridized carbons (Fsp3) is 0.619. The Bertz CT molecular complexity index is 945. The first-order chi connectivity index (χ1) is 14.5. The SMILES string of the molecule is COC(=O)CO[C@H]1CC[C@H](n2ccn(-c3cnc4c(n3)CCN(C)CC4)c2=O)CC1. The smallest absolute Gasteiger partial charge is 0.334 e. The number of hydrogen-bond acceptors (Lipinski definition) is 7. The number of methoxy groups -OCH3 is 1. The number of esters is 1. The molecule has 0 bridgehead atoms. The van der Waals surface area contributed by atoms with Crippen LogP contribution < -0.4 is 5.69 Å². The standard InChI is InChI=1S/C21H29N5O4/c1-24-9-7-17-18(8-10-24)23-19(13-22-17)26-12-11-25(21(26)28)15-3-5-16(6-4-15)30-14-20(27)29-2/h11-13,15-16H,3-10,14H2,1-2H3/t15-,16-. The van der Waals surface area contributed by atoms with E-state index in [9.17, 15) is 9.59 Å². The number of nitrogens with zero attached hydrogens (tertiary/aromatic N) is 5. The summed E-state index contributed by atoms with van der Waals surface area (Å²) in [5, 5.41) is 0. The van der Waals surface area contributed by atoms with Crippen molar-refractivity contribution in [2.24, 2.45) is 0 Å². The van der Waals surface area contributed by atoms with E-state index in [1.54, 1.807) is 21.5 Å². The molecule has 1 saturated carbocycles. The lowest BCUT2D eigenvalue weighted by Crippen LogP contribution is -2.31. The van der Waals surface area contributed by atoms with Gasteiger partial charge in [0.15, 0.2) is 5.82 Å². The highest BCUT2D eigenvalue weighted by Gasteiger charge is 2.25. The van der Waals surface area contributed by atoms with Crippen LogP contribution in [0.4, 0.5) is 0 Å². The van der Waals surface area contributed by atoms with E-state index in [-0.39, 0.29) is 30.4 Å². The highest BCUT2D eigenvalue weighted by Crippen LogP contribution is 2.29. The number of imidazole rings is 1. The van der Waals surface area contributed by atoms with E-state index in [1.807, 2.05) is 6.20 Å². The van der Waals surface area contributed by atoms with Crippen LogP contribution in [0.2, 0.25) is 0 Å². The van der Waals surface area contributed by atoms with Crippen molar-refractivity contribution in [2.75, 3.05) is 33.9 Å². The summed E-state index contributed by atoms with van der Waals surface area (Å²) in [7, 11) is 3.46. The molecule has 0 aromatic carbocycles. The van der Waals surface area contributed by atoms with Gasteiger partial charge in [-0.2, -0.15) is 0 Å². The highest BCUT2D eigenvalue weighted by atomic mass is 16.6. The topological polar surface area (TPSA) is 91.5 Å². The second-order valence-corrected chi connectivity index (χ2v) is 8.10. The Kier molecular flexibility index (Phi) is 6.29. The van der Waals surface area contributed by atoms with E-state index in [0.29, 0.717) is 5.82 Å². The molecule has 1 aliphatic carbocycles. The Morgan fingerprint density at radius 3 is 2.60 bits per heavy atom. The number of aromatic nitrogens is 4. The van der Waals surface area contributed by atoms with Crippen LogP contribution in [0.25, 0.3) is 5.82 Å². The first kappa shape index (κ1) is 20.7. The minimum Gasteiger partial charge on any atom is -0.467 e. The molecule has 0 spiro atoms. The Morgan fingerprint density at radius 2 is 1.87 bits per heavy atom. The molecule has 2 aliphatic rings. The quantitative estimate of drug-likeness (QED) is 0.676. The lowest BCUT2D eigenvalue weighted by molar-refractivity contribution is -0.148. The van der Waals surface area contributed by atoms with Gasteiger partial charge in [0.05, 0.1) is 30.8 Å². The van der Waals surface area contributed by atoms with Gasteiger partial charge in [-0.15, -0.1) is 0 Å². The van der Waals surface area contributed by atoms with Crippen molar-refractivity contribution >= 4 is 5.97 Å². The lowest BCUT2D eigenvalue weighted by Gasteiger charge is -2.28. The molecule has 9 nitrogen and oxygen atoms in total. The Labute approximate surface area is 175 Å². The van der Waals surface area contributed by atoms with Crippen molar-refractivity contribution in [3.63, 3.8) is 0 Å². The third kappa shape index (κ3) is 4.46. The van der Waals surface area contributed by atoms with Crippen LogP contribution in [0.5, 0.6) is 0 Å². The molecule has 2 aromatic heterocycles. The number of hydrogen-bond donors (Lipinski definition) is 0. The zero-order chi connectivity index (χ0) is 21.1. The van der Waals surface area contributed by atoms with Crippen LogP contribution in [-0.4, -0.2) is 69.9 Å². The molecule has 1 fully saturated rings. The molecule has 0 radical (unpaired) electrons. The molecule has 0 atom stereocenters. The van der Waals surface area contributed by atoms with E-state index in [4.69, 9.17) is 9.72 Å². The third-order valence-electron chi connectivity index (χ3n) is 6.13. The van der Waals surface area contributed by atoms with Crippen LogP contribution in [0, 0.1) is 0 Å². The number of ether oxygens (including phenoxy) is 2. The summed E-state index contributed by atoms with van der Waals surface area (Å²) in [6.07, 6.45) is 10.4. The van der Waals surface area contributed by atoms with Crippen molar-refractivity contribution < 1.29 is 14.3 Å². The maximum atomic E-state index is 13.0. The zero-order valence-electron chi connectivity index (χ0n) is 17.6. The van der Waals surface area contributed by atoms with Gasteiger partial charge < -0.3 is 14.4 Å². The fourth-order valence-corrected chi connectivity index (χ4v) is 4.25. The molecule has 30 heavy (non-hydrogen) atoms. The molecule has 2 aromatic rings. The predicted octanol–water partition coefficient (Wildman–Crippen LogP) is 1.13. The number of rotatable bonds is 5. The molecule has 1 aliphatic heterocycles. The monoisotopic (exact) mass is 415 g/mol. The highest BCUT2D eigenvalue weighted by molar-refractivity contribution is 5.70. The van der Waals surface area contributed by atoms with Crippen molar-refractivity contribution in [3.8, 4) is 5.82 Å². The molecule has 0 N–H and O–H groups in total. The second-order valence-electron chi connectivity index (χ2n) is 8.10. The summed E-state index contributed by atoms with van der Waals surface area (Å²) in [5.41, 5.74) is 1.93. The van der Waals surface area contributed by atoms with Crippen LogP contribution in [0.15, 0.2) is 23.4 Å². The summed E-state index contributed by atoms with van der Waals surface area (Å²) in [6.45, 7) is 1.90.